The van der Waals surface area contributed by atoms with Crippen LogP contribution < -0.4 is 5.32 Å². The molecule has 4 heteroatoms. The first kappa shape index (κ1) is 14.7. The summed E-state index contributed by atoms with van der Waals surface area (Å²) in [6.45, 7) is 8.26. The minimum absolute atomic E-state index is 0.0831. The van der Waals surface area contributed by atoms with Gasteiger partial charge in [-0.05, 0) is 45.4 Å². The highest BCUT2D eigenvalue weighted by atomic mass is 19.1. The van der Waals surface area contributed by atoms with Gasteiger partial charge in [0.25, 0.3) is 0 Å². The van der Waals surface area contributed by atoms with Crippen molar-refractivity contribution in [1.82, 2.24) is 15.1 Å². The van der Waals surface area contributed by atoms with E-state index >= 15 is 0 Å². The fraction of sp³-hybridized carbons (Fsp3) is 0.438. The van der Waals surface area contributed by atoms with Gasteiger partial charge < -0.3 is 5.32 Å². The third-order valence-corrected chi connectivity index (χ3v) is 3.85. The molecule has 0 saturated heterocycles. The Labute approximate surface area is 119 Å². The summed E-state index contributed by atoms with van der Waals surface area (Å²) in [7, 11) is 1.95. The molecule has 1 heterocycles. The average molecular weight is 275 g/mol. The van der Waals surface area contributed by atoms with E-state index in [1.807, 2.05) is 31.6 Å². The molecule has 3 nitrogen and oxygen atoms in total. The van der Waals surface area contributed by atoms with Crippen LogP contribution in [0.15, 0.2) is 24.3 Å². The molecule has 0 spiro atoms. The molecule has 0 fully saturated rings. The molecule has 0 aliphatic rings. The zero-order valence-electron chi connectivity index (χ0n) is 12.7. The van der Waals surface area contributed by atoms with Crippen LogP contribution >= 0.6 is 0 Å². The van der Waals surface area contributed by atoms with Crippen LogP contribution in [0.2, 0.25) is 0 Å². The van der Waals surface area contributed by atoms with Gasteiger partial charge >= 0.3 is 0 Å². The zero-order chi connectivity index (χ0) is 14.9. The van der Waals surface area contributed by atoms with Crippen molar-refractivity contribution in [3.8, 4) is 0 Å². The van der Waals surface area contributed by atoms with Crippen LogP contribution in [0.5, 0.6) is 0 Å². The molecule has 2 atom stereocenters. The summed E-state index contributed by atoms with van der Waals surface area (Å²) in [6, 6.07) is 6.98. The second-order valence-corrected chi connectivity index (χ2v) is 5.37. The number of halogens is 1. The van der Waals surface area contributed by atoms with Crippen molar-refractivity contribution in [3.63, 3.8) is 0 Å². The van der Waals surface area contributed by atoms with E-state index < -0.39 is 0 Å². The summed E-state index contributed by atoms with van der Waals surface area (Å²) < 4.78 is 15.2. The molecule has 0 aliphatic heterocycles. The monoisotopic (exact) mass is 275 g/mol. The number of benzene rings is 1. The number of nitrogens with zero attached hydrogens (tertiary/aromatic N) is 2. The van der Waals surface area contributed by atoms with Gasteiger partial charge in [-0.1, -0.05) is 12.1 Å². The normalized spacial score (nSPS) is 14.3. The van der Waals surface area contributed by atoms with Crippen molar-refractivity contribution in [3.05, 3.63) is 52.6 Å². The quantitative estimate of drug-likeness (QED) is 0.924. The van der Waals surface area contributed by atoms with E-state index in [1.165, 1.54) is 11.6 Å². The maximum absolute atomic E-state index is 13.3. The zero-order valence-corrected chi connectivity index (χ0v) is 12.7. The minimum Gasteiger partial charge on any atom is -0.304 e. The number of aromatic nitrogens is 2. The predicted molar refractivity (Wildman–Crippen MR) is 79.0 cm³/mol. The molecule has 0 amide bonds. The van der Waals surface area contributed by atoms with Crippen LogP contribution in [0.25, 0.3) is 0 Å². The Balaban J connectivity index is 2.17. The van der Waals surface area contributed by atoms with Crippen molar-refractivity contribution in [1.29, 1.82) is 0 Å². The van der Waals surface area contributed by atoms with E-state index in [0.717, 1.165) is 17.0 Å². The number of hydrogen-bond donors (Lipinski definition) is 1. The molecular formula is C16H22FN3. The molecule has 2 rings (SSSR count). The molecule has 0 aliphatic carbocycles. The summed E-state index contributed by atoms with van der Waals surface area (Å²) in [5, 5.41) is 7.96. The van der Waals surface area contributed by atoms with Gasteiger partial charge in [-0.3, -0.25) is 4.68 Å². The van der Waals surface area contributed by atoms with Crippen molar-refractivity contribution < 1.29 is 4.39 Å². The van der Waals surface area contributed by atoms with Crippen LogP contribution in [-0.2, 0) is 7.05 Å². The van der Waals surface area contributed by atoms with Crippen molar-refractivity contribution in [2.75, 3.05) is 0 Å². The molecule has 2 aromatic rings. The maximum atomic E-state index is 13.3. The number of aryl methyl sites for hydroxylation is 2. The summed E-state index contributed by atoms with van der Waals surface area (Å²) in [5.41, 5.74) is 4.37. The van der Waals surface area contributed by atoms with Crippen molar-refractivity contribution in [2.45, 2.75) is 39.8 Å². The van der Waals surface area contributed by atoms with Crippen molar-refractivity contribution >= 4 is 0 Å². The smallest absolute Gasteiger partial charge is 0.123 e. The number of nitrogens with one attached hydrogen (secondary N) is 1. The fourth-order valence-electron chi connectivity index (χ4n) is 2.75. The lowest BCUT2D eigenvalue weighted by Gasteiger charge is -2.21. The molecule has 108 valence electrons. The lowest BCUT2D eigenvalue weighted by atomic mass is 10.0. The highest BCUT2D eigenvalue weighted by Gasteiger charge is 2.18. The fourth-order valence-corrected chi connectivity index (χ4v) is 2.75. The lowest BCUT2D eigenvalue weighted by molar-refractivity contribution is 0.488. The molecule has 1 aromatic heterocycles. The lowest BCUT2D eigenvalue weighted by Crippen LogP contribution is -2.23. The predicted octanol–water partition coefficient (Wildman–Crippen LogP) is 3.59. The molecule has 0 radical (unpaired) electrons. The Bertz CT molecular complexity index is 604. The number of rotatable bonds is 4. The van der Waals surface area contributed by atoms with Crippen molar-refractivity contribution in [2.24, 2.45) is 7.05 Å². The molecule has 20 heavy (non-hydrogen) atoms. The van der Waals surface area contributed by atoms with Gasteiger partial charge in [0, 0.05) is 30.4 Å². The first-order valence-electron chi connectivity index (χ1n) is 6.91. The molecule has 1 aromatic carbocycles. The second-order valence-electron chi connectivity index (χ2n) is 5.37. The van der Waals surface area contributed by atoms with Gasteiger partial charge in [-0.15, -0.1) is 0 Å². The summed E-state index contributed by atoms with van der Waals surface area (Å²) in [4.78, 5) is 0. The summed E-state index contributed by atoms with van der Waals surface area (Å²) >= 11 is 0. The van der Waals surface area contributed by atoms with E-state index in [4.69, 9.17) is 0 Å². The Morgan fingerprint density at radius 2 is 1.90 bits per heavy atom. The van der Waals surface area contributed by atoms with Crippen LogP contribution in [0.3, 0.4) is 0 Å². The third-order valence-electron chi connectivity index (χ3n) is 3.85. The third kappa shape index (κ3) is 2.90. The summed E-state index contributed by atoms with van der Waals surface area (Å²) in [5.74, 6) is -0.197. The Kier molecular flexibility index (Phi) is 4.23. The van der Waals surface area contributed by atoms with E-state index in [2.05, 4.69) is 24.3 Å². The maximum Gasteiger partial charge on any atom is 0.123 e. The minimum atomic E-state index is -0.197. The largest absolute Gasteiger partial charge is 0.304 e. The first-order valence-corrected chi connectivity index (χ1v) is 6.91. The van der Waals surface area contributed by atoms with E-state index in [-0.39, 0.29) is 17.9 Å². The Morgan fingerprint density at radius 1 is 1.20 bits per heavy atom. The Hall–Kier alpha value is -1.68. The Morgan fingerprint density at radius 3 is 2.45 bits per heavy atom. The van der Waals surface area contributed by atoms with Crippen LogP contribution in [0.4, 0.5) is 4.39 Å². The molecule has 0 bridgehead atoms. The van der Waals surface area contributed by atoms with Gasteiger partial charge in [0.15, 0.2) is 0 Å². The molecular weight excluding hydrogens is 253 g/mol. The van der Waals surface area contributed by atoms with Crippen LogP contribution in [-0.4, -0.2) is 9.78 Å². The van der Waals surface area contributed by atoms with E-state index in [0.29, 0.717) is 0 Å². The summed E-state index contributed by atoms with van der Waals surface area (Å²) in [6.07, 6.45) is 0. The standard InChI is InChI=1S/C16H22FN3/c1-10(14-7-6-8-15(17)9-14)18-11(2)16-12(3)19-20(5)13(16)4/h6-11,18H,1-5H3/t10-,11?/m1/s1. The van der Waals surface area contributed by atoms with Crippen LogP contribution in [0, 0.1) is 19.7 Å². The first-order chi connectivity index (χ1) is 9.40. The van der Waals surface area contributed by atoms with Gasteiger partial charge in [0.1, 0.15) is 5.82 Å². The molecule has 0 saturated carbocycles. The topological polar surface area (TPSA) is 29.9 Å². The van der Waals surface area contributed by atoms with Gasteiger partial charge in [-0.2, -0.15) is 5.10 Å². The SMILES string of the molecule is Cc1nn(C)c(C)c1C(C)N[C@H](C)c1cccc(F)c1. The highest BCUT2D eigenvalue weighted by molar-refractivity contribution is 5.28. The second kappa shape index (κ2) is 5.75. The van der Waals surface area contributed by atoms with Gasteiger partial charge in [0.05, 0.1) is 5.69 Å². The highest BCUT2D eigenvalue weighted by Crippen LogP contribution is 2.24. The van der Waals surface area contributed by atoms with Gasteiger partial charge in [0.2, 0.25) is 0 Å². The average Bonchev–Trinajstić information content (AvgIpc) is 2.63. The number of hydrogen-bond acceptors (Lipinski definition) is 2. The van der Waals surface area contributed by atoms with Crippen LogP contribution in [0.1, 0.15) is 48.4 Å². The van der Waals surface area contributed by atoms with E-state index in [1.54, 1.807) is 12.1 Å². The molecule has 1 N–H and O–H groups in total. The van der Waals surface area contributed by atoms with E-state index in [9.17, 15) is 4.39 Å². The van der Waals surface area contributed by atoms with Gasteiger partial charge in [-0.25, -0.2) is 4.39 Å². The molecule has 1 unspecified atom stereocenters.